The number of carbonyl (C=O) groups is 1. The van der Waals surface area contributed by atoms with Crippen LogP contribution in [0.2, 0.25) is 0 Å². The SMILES string of the molecule is CC(Br)CN(C)C(=O)c1ccc2cc(Br)ccc2c1. The molecule has 0 spiro atoms. The summed E-state index contributed by atoms with van der Waals surface area (Å²) in [7, 11) is 1.83. The van der Waals surface area contributed by atoms with E-state index in [2.05, 4.69) is 31.9 Å². The van der Waals surface area contributed by atoms with Crippen LogP contribution in [0, 0.1) is 0 Å². The molecule has 2 aromatic carbocycles. The first kappa shape index (κ1) is 14.5. The van der Waals surface area contributed by atoms with Gasteiger partial charge in [-0.15, -0.1) is 0 Å². The minimum Gasteiger partial charge on any atom is -0.341 e. The molecule has 19 heavy (non-hydrogen) atoms. The van der Waals surface area contributed by atoms with Gasteiger partial charge < -0.3 is 4.90 Å². The lowest BCUT2D eigenvalue weighted by Crippen LogP contribution is -2.31. The number of halogens is 2. The Hall–Kier alpha value is -0.870. The molecule has 1 unspecified atom stereocenters. The Morgan fingerprint density at radius 1 is 1.21 bits per heavy atom. The van der Waals surface area contributed by atoms with Crippen LogP contribution in [0.5, 0.6) is 0 Å². The first-order valence-electron chi connectivity index (χ1n) is 6.06. The molecule has 0 saturated carbocycles. The van der Waals surface area contributed by atoms with Crippen LogP contribution in [-0.4, -0.2) is 29.2 Å². The smallest absolute Gasteiger partial charge is 0.253 e. The van der Waals surface area contributed by atoms with E-state index in [-0.39, 0.29) is 10.7 Å². The van der Waals surface area contributed by atoms with Crippen LogP contribution in [0.1, 0.15) is 17.3 Å². The largest absolute Gasteiger partial charge is 0.341 e. The number of amides is 1. The van der Waals surface area contributed by atoms with Crippen molar-refractivity contribution in [1.82, 2.24) is 4.90 Å². The van der Waals surface area contributed by atoms with Crippen molar-refractivity contribution in [2.45, 2.75) is 11.8 Å². The van der Waals surface area contributed by atoms with Crippen molar-refractivity contribution in [3.63, 3.8) is 0 Å². The zero-order valence-corrected chi connectivity index (χ0v) is 14.0. The molecule has 0 fully saturated rings. The standard InChI is InChI=1S/C15H15Br2NO/c1-10(16)9-18(2)15(19)13-4-3-12-8-14(17)6-5-11(12)7-13/h3-8,10H,9H2,1-2H3. The molecule has 1 amide bonds. The summed E-state index contributed by atoms with van der Waals surface area (Å²) in [5, 5.41) is 2.21. The molecular weight excluding hydrogens is 370 g/mol. The maximum atomic E-state index is 12.3. The number of fused-ring (bicyclic) bond motifs is 1. The summed E-state index contributed by atoms with van der Waals surface area (Å²) >= 11 is 6.91. The van der Waals surface area contributed by atoms with Gasteiger partial charge in [-0.2, -0.15) is 0 Å². The van der Waals surface area contributed by atoms with Crippen molar-refractivity contribution >= 4 is 48.5 Å². The van der Waals surface area contributed by atoms with E-state index in [1.807, 2.05) is 50.4 Å². The van der Waals surface area contributed by atoms with Crippen molar-refractivity contribution in [1.29, 1.82) is 0 Å². The third-order valence-corrected chi connectivity index (χ3v) is 3.70. The highest BCUT2D eigenvalue weighted by Gasteiger charge is 2.13. The predicted molar refractivity (Wildman–Crippen MR) is 87.0 cm³/mol. The van der Waals surface area contributed by atoms with Gasteiger partial charge in [-0.3, -0.25) is 4.79 Å². The predicted octanol–water partition coefficient (Wildman–Crippen LogP) is 4.46. The number of rotatable bonds is 3. The molecule has 0 radical (unpaired) electrons. The van der Waals surface area contributed by atoms with Gasteiger partial charge in [0.25, 0.3) is 5.91 Å². The first-order chi connectivity index (χ1) is 8.97. The van der Waals surface area contributed by atoms with Crippen LogP contribution in [0.4, 0.5) is 0 Å². The fraction of sp³-hybridized carbons (Fsp3) is 0.267. The van der Waals surface area contributed by atoms with Crippen LogP contribution in [0.25, 0.3) is 10.8 Å². The fourth-order valence-corrected chi connectivity index (χ4v) is 2.84. The summed E-state index contributed by atoms with van der Waals surface area (Å²) in [6.07, 6.45) is 0. The van der Waals surface area contributed by atoms with Gasteiger partial charge in [0, 0.05) is 28.5 Å². The average molecular weight is 385 g/mol. The molecule has 0 saturated heterocycles. The van der Waals surface area contributed by atoms with Gasteiger partial charge in [-0.25, -0.2) is 0 Å². The number of nitrogens with zero attached hydrogens (tertiary/aromatic N) is 1. The van der Waals surface area contributed by atoms with Crippen molar-refractivity contribution in [3.05, 3.63) is 46.4 Å². The van der Waals surface area contributed by atoms with Crippen molar-refractivity contribution in [3.8, 4) is 0 Å². The minimum atomic E-state index is 0.0520. The van der Waals surface area contributed by atoms with Gasteiger partial charge in [0.2, 0.25) is 0 Å². The van der Waals surface area contributed by atoms with Crippen molar-refractivity contribution < 1.29 is 4.79 Å². The fourth-order valence-electron chi connectivity index (χ4n) is 2.03. The second kappa shape index (κ2) is 6.06. The first-order valence-corrected chi connectivity index (χ1v) is 7.77. The van der Waals surface area contributed by atoms with Crippen LogP contribution in [-0.2, 0) is 0 Å². The number of hydrogen-bond acceptors (Lipinski definition) is 1. The van der Waals surface area contributed by atoms with E-state index in [4.69, 9.17) is 0 Å². The third kappa shape index (κ3) is 3.57. The Kier molecular flexibility index (Phi) is 4.63. The lowest BCUT2D eigenvalue weighted by molar-refractivity contribution is 0.0797. The zero-order chi connectivity index (χ0) is 14.0. The minimum absolute atomic E-state index is 0.0520. The Labute approximate surface area is 130 Å². The summed E-state index contributed by atoms with van der Waals surface area (Å²) in [6.45, 7) is 2.72. The highest BCUT2D eigenvalue weighted by Crippen LogP contribution is 2.21. The van der Waals surface area contributed by atoms with Crippen molar-refractivity contribution in [2.75, 3.05) is 13.6 Å². The highest BCUT2D eigenvalue weighted by molar-refractivity contribution is 9.10. The van der Waals surface area contributed by atoms with E-state index in [1.165, 1.54) is 0 Å². The highest BCUT2D eigenvalue weighted by atomic mass is 79.9. The van der Waals surface area contributed by atoms with Gasteiger partial charge in [0.1, 0.15) is 0 Å². The van der Waals surface area contributed by atoms with Gasteiger partial charge >= 0.3 is 0 Å². The Balaban J connectivity index is 2.30. The summed E-state index contributed by atoms with van der Waals surface area (Å²) in [5.74, 6) is 0.0520. The molecule has 2 nitrogen and oxygen atoms in total. The van der Waals surface area contributed by atoms with Crippen LogP contribution in [0.3, 0.4) is 0 Å². The van der Waals surface area contributed by atoms with Crippen LogP contribution >= 0.6 is 31.9 Å². The van der Waals surface area contributed by atoms with E-state index in [0.717, 1.165) is 20.8 Å². The lowest BCUT2D eigenvalue weighted by atomic mass is 10.1. The molecule has 0 aliphatic heterocycles. The topological polar surface area (TPSA) is 20.3 Å². The molecule has 0 bridgehead atoms. The molecule has 0 aromatic heterocycles. The molecule has 0 N–H and O–H groups in total. The van der Waals surface area contributed by atoms with E-state index in [1.54, 1.807) is 4.90 Å². The summed E-state index contributed by atoms with van der Waals surface area (Å²) in [5.41, 5.74) is 0.727. The zero-order valence-electron chi connectivity index (χ0n) is 10.9. The van der Waals surface area contributed by atoms with Gasteiger partial charge in [0.15, 0.2) is 0 Å². The molecule has 1 atom stereocenters. The normalized spacial score (nSPS) is 12.4. The second-order valence-electron chi connectivity index (χ2n) is 4.67. The Bertz CT molecular complexity index is 610. The van der Waals surface area contributed by atoms with E-state index in [0.29, 0.717) is 6.54 Å². The molecule has 2 aromatic rings. The van der Waals surface area contributed by atoms with E-state index >= 15 is 0 Å². The summed E-state index contributed by atoms with van der Waals surface area (Å²) < 4.78 is 1.05. The summed E-state index contributed by atoms with van der Waals surface area (Å²) in [6, 6.07) is 11.9. The molecular formula is C15H15Br2NO. The van der Waals surface area contributed by atoms with Crippen LogP contribution in [0.15, 0.2) is 40.9 Å². The molecule has 4 heteroatoms. The summed E-state index contributed by atoms with van der Waals surface area (Å²) in [4.78, 5) is 14.3. The third-order valence-electron chi connectivity index (χ3n) is 2.92. The van der Waals surface area contributed by atoms with Gasteiger partial charge in [-0.1, -0.05) is 50.9 Å². The number of hydrogen-bond donors (Lipinski definition) is 0. The number of benzene rings is 2. The lowest BCUT2D eigenvalue weighted by Gasteiger charge is -2.18. The second-order valence-corrected chi connectivity index (χ2v) is 7.15. The molecule has 0 aliphatic rings. The van der Waals surface area contributed by atoms with Gasteiger partial charge in [-0.05, 0) is 35.0 Å². The maximum Gasteiger partial charge on any atom is 0.253 e. The monoisotopic (exact) mass is 383 g/mol. The maximum absolute atomic E-state index is 12.3. The number of carbonyl (C=O) groups excluding carboxylic acids is 1. The van der Waals surface area contributed by atoms with Crippen LogP contribution < -0.4 is 0 Å². The quantitative estimate of drug-likeness (QED) is 0.715. The van der Waals surface area contributed by atoms with Gasteiger partial charge in [0.05, 0.1) is 0 Å². The Morgan fingerprint density at radius 2 is 1.84 bits per heavy atom. The number of alkyl halides is 1. The molecule has 0 heterocycles. The molecule has 100 valence electrons. The van der Waals surface area contributed by atoms with E-state index in [9.17, 15) is 4.79 Å². The Morgan fingerprint density at radius 3 is 2.53 bits per heavy atom. The van der Waals surface area contributed by atoms with Crippen molar-refractivity contribution in [2.24, 2.45) is 0 Å². The molecule has 2 rings (SSSR count). The van der Waals surface area contributed by atoms with E-state index < -0.39 is 0 Å². The molecule has 0 aliphatic carbocycles. The average Bonchev–Trinajstić information content (AvgIpc) is 2.36.